The van der Waals surface area contributed by atoms with E-state index < -0.39 is 0 Å². The highest BCUT2D eigenvalue weighted by molar-refractivity contribution is 6.06. The summed E-state index contributed by atoms with van der Waals surface area (Å²) in [4.78, 5) is 30.3. The Balaban J connectivity index is 1.62. The molecular formula is C15H14N2O2. The fourth-order valence-corrected chi connectivity index (χ4v) is 3.79. The highest BCUT2D eigenvalue weighted by atomic mass is 16.2. The maximum absolute atomic E-state index is 12.4. The van der Waals surface area contributed by atoms with Gasteiger partial charge in [0.1, 0.15) is 0 Å². The molecule has 4 heteroatoms. The summed E-state index contributed by atoms with van der Waals surface area (Å²) in [6.07, 6.45) is 8.61. The summed E-state index contributed by atoms with van der Waals surface area (Å²) in [5, 5.41) is 0. The van der Waals surface area contributed by atoms with Crippen molar-refractivity contribution in [3.63, 3.8) is 0 Å². The van der Waals surface area contributed by atoms with Crippen molar-refractivity contribution in [1.29, 1.82) is 0 Å². The van der Waals surface area contributed by atoms with Gasteiger partial charge in [-0.15, -0.1) is 0 Å². The average Bonchev–Trinajstić information content (AvgIpc) is 3.10. The summed E-state index contributed by atoms with van der Waals surface area (Å²) in [7, 11) is 0. The largest absolute Gasteiger partial charge is 0.278 e. The number of amides is 2. The Kier molecular flexibility index (Phi) is 2.16. The van der Waals surface area contributed by atoms with E-state index in [1.54, 1.807) is 12.4 Å². The molecule has 0 aromatic carbocycles. The van der Waals surface area contributed by atoms with E-state index >= 15 is 0 Å². The predicted octanol–water partition coefficient (Wildman–Crippen LogP) is 1.39. The summed E-state index contributed by atoms with van der Waals surface area (Å²) >= 11 is 0. The van der Waals surface area contributed by atoms with Crippen LogP contribution in [0.15, 0.2) is 36.7 Å². The Morgan fingerprint density at radius 2 is 1.84 bits per heavy atom. The number of hydrogen-bond acceptors (Lipinski definition) is 3. The lowest BCUT2D eigenvalue weighted by atomic mass is 9.85. The molecule has 4 rings (SSSR count). The first-order chi connectivity index (χ1) is 9.25. The van der Waals surface area contributed by atoms with Crippen LogP contribution >= 0.6 is 0 Å². The number of carbonyl (C=O) groups excluding carboxylic acids is 2. The van der Waals surface area contributed by atoms with Crippen molar-refractivity contribution in [3.05, 3.63) is 42.2 Å². The normalized spacial score (nSPS) is 35.3. The summed E-state index contributed by atoms with van der Waals surface area (Å²) in [5.41, 5.74) is 0.907. The number of carbonyl (C=O) groups is 2. The van der Waals surface area contributed by atoms with Crippen molar-refractivity contribution in [2.45, 2.75) is 13.0 Å². The zero-order chi connectivity index (χ0) is 13.0. The van der Waals surface area contributed by atoms with Gasteiger partial charge < -0.3 is 0 Å². The van der Waals surface area contributed by atoms with E-state index in [4.69, 9.17) is 0 Å². The van der Waals surface area contributed by atoms with Gasteiger partial charge in [-0.25, -0.2) is 0 Å². The Hall–Kier alpha value is -1.97. The molecule has 0 unspecified atom stereocenters. The van der Waals surface area contributed by atoms with Crippen molar-refractivity contribution in [2.75, 3.05) is 0 Å². The first kappa shape index (κ1) is 10.9. The lowest BCUT2D eigenvalue weighted by Gasteiger charge is -2.16. The highest BCUT2D eigenvalue weighted by Gasteiger charge is 2.59. The van der Waals surface area contributed by atoms with Crippen LogP contribution < -0.4 is 0 Å². The van der Waals surface area contributed by atoms with Crippen LogP contribution in [0.1, 0.15) is 12.0 Å². The van der Waals surface area contributed by atoms with Gasteiger partial charge in [0, 0.05) is 12.4 Å². The summed E-state index contributed by atoms with van der Waals surface area (Å²) < 4.78 is 0. The smallest absolute Gasteiger partial charge is 0.234 e. The number of likely N-dealkylation sites (tertiary alicyclic amines) is 1. The van der Waals surface area contributed by atoms with Gasteiger partial charge in [-0.05, 0) is 29.9 Å². The summed E-state index contributed by atoms with van der Waals surface area (Å²) in [6.45, 7) is 0.359. The quantitative estimate of drug-likeness (QED) is 0.592. The topological polar surface area (TPSA) is 50.3 Å². The van der Waals surface area contributed by atoms with E-state index in [1.807, 2.05) is 12.1 Å². The fourth-order valence-electron chi connectivity index (χ4n) is 3.79. The molecule has 0 radical (unpaired) electrons. The minimum absolute atomic E-state index is 0.00991. The van der Waals surface area contributed by atoms with E-state index in [2.05, 4.69) is 17.1 Å². The molecule has 4 atom stereocenters. The van der Waals surface area contributed by atoms with Crippen LogP contribution in [0.25, 0.3) is 0 Å². The second kappa shape index (κ2) is 3.76. The number of aromatic nitrogens is 1. The van der Waals surface area contributed by atoms with Gasteiger partial charge in [-0.1, -0.05) is 18.2 Å². The van der Waals surface area contributed by atoms with E-state index in [9.17, 15) is 9.59 Å². The first-order valence-electron chi connectivity index (χ1n) is 6.68. The minimum atomic E-state index is -0.0980. The van der Waals surface area contributed by atoms with E-state index in [-0.39, 0.29) is 35.5 Å². The van der Waals surface area contributed by atoms with Crippen molar-refractivity contribution < 1.29 is 9.59 Å². The van der Waals surface area contributed by atoms with Crippen molar-refractivity contribution in [3.8, 4) is 0 Å². The molecule has 1 aromatic heterocycles. The SMILES string of the molecule is O=C1[C@@H]2[C@H](C(=O)N1Cc1cccnc1)[C@H]1C=C[C@@H]2C1. The molecular weight excluding hydrogens is 240 g/mol. The molecule has 19 heavy (non-hydrogen) atoms. The Morgan fingerprint density at radius 1 is 1.16 bits per heavy atom. The van der Waals surface area contributed by atoms with Gasteiger partial charge in [-0.2, -0.15) is 0 Å². The van der Waals surface area contributed by atoms with Gasteiger partial charge in [0.2, 0.25) is 11.8 Å². The van der Waals surface area contributed by atoms with E-state index in [0.29, 0.717) is 6.54 Å². The zero-order valence-corrected chi connectivity index (χ0v) is 10.4. The zero-order valence-electron chi connectivity index (χ0n) is 10.4. The number of fused-ring (bicyclic) bond motifs is 5. The van der Waals surface area contributed by atoms with Crippen LogP contribution in [-0.2, 0) is 16.1 Å². The van der Waals surface area contributed by atoms with Gasteiger partial charge in [0.25, 0.3) is 0 Å². The molecule has 0 N–H and O–H groups in total. The molecule has 2 aliphatic carbocycles. The molecule has 1 aromatic rings. The molecule has 3 aliphatic rings. The summed E-state index contributed by atoms with van der Waals surface area (Å²) in [6, 6.07) is 3.72. The number of hydrogen-bond donors (Lipinski definition) is 0. The molecule has 1 saturated carbocycles. The third kappa shape index (κ3) is 1.43. The van der Waals surface area contributed by atoms with Crippen molar-refractivity contribution in [1.82, 2.24) is 9.88 Å². The number of allylic oxidation sites excluding steroid dienone is 2. The maximum Gasteiger partial charge on any atom is 0.234 e. The molecule has 2 amide bonds. The van der Waals surface area contributed by atoms with Crippen LogP contribution in [0.4, 0.5) is 0 Å². The van der Waals surface area contributed by atoms with Crippen molar-refractivity contribution in [2.24, 2.45) is 23.7 Å². The Morgan fingerprint density at radius 3 is 2.42 bits per heavy atom. The summed E-state index contributed by atoms with van der Waals surface area (Å²) in [5.74, 6) is 0.389. The Bertz CT molecular complexity index is 551. The van der Waals surface area contributed by atoms with Crippen LogP contribution in [0, 0.1) is 23.7 Å². The fraction of sp³-hybridized carbons (Fsp3) is 0.400. The standard InChI is InChI=1S/C15H14N2O2/c18-14-12-10-3-4-11(6-10)13(12)15(19)17(14)8-9-2-1-5-16-7-9/h1-5,7,10-13H,6,8H2/t10-,11+,12+,13-. The van der Waals surface area contributed by atoms with Crippen LogP contribution in [0.5, 0.6) is 0 Å². The van der Waals surface area contributed by atoms with Crippen LogP contribution in [0.2, 0.25) is 0 Å². The van der Waals surface area contributed by atoms with Crippen LogP contribution in [0.3, 0.4) is 0 Å². The molecule has 1 saturated heterocycles. The lowest BCUT2D eigenvalue weighted by molar-refractivity contribution is -0.141. The number of imide groups is 1. The molecule has 1 aliphatic heterocycles. The Labute approximate surface area is 111 Å². The predicted molar refractivity (Wildman–Crippen MR) is 67.5 cm³/mol. The van der Waals surface area contributed by atoms with Crippen LogP contribution in [-0.4, -0.2) is 21.7 Å². The monoisotopic (exact) mass is 254 g/mol. The average molecular weight is 254 g/mol. The molecule has 2 fully saturated rings. The molecule has 96 valence electrons. The molecule has 2 heterocycles. The molecule has 4 nitrogen and oxygen atoms in total. The van der Waals surface area contributed by atoms with E-state index in [1.165, 1.54) is 4.90 Å². The van der Waals surface area contributed by atoms with Crippen molar-refractivity contribution >= 4 is 11.8 Å². The molecule has 2 bridgehead atoms. The number of nitrogens with zero attached hydrogens (tertiary/aromatic N) is 2. The minimum Gasteiger partial charge on any atom is -0.278 e. The van der Waals surface area contributed by atoms with Gasteiger partial charge in [0.15, 0.2) is 0 Å². The van der Waals surface area contributed by atoms with Gasteiger partial charge >= 0.3 is 0 Å². The number of pyridine rings is 1. The first-order valence-corrected chi connectivity index (χ1v) is 6.68. The van der Waals surface area contributed by atoms with Gasteiger partial charge in [-0.3, -0.25) is 19.5 Å². The van der Waals surface area contributed by atoms with Gasteiger partial charge in [0.05, 0.1) is 18.4 Å². The second-order valence-corrected chi connectivity index (χ2v) is 5.62. The lowest BCUT2D eigenvalue weighted by Crippen LogP contribution is -2.32. The third-order valence-corrected chi connectivity index (χ3v) is 4.63. The number of rotatable bonds is 2. The maximum atomic E-state index is 12.4. The second-order valence-electron chi connectivity index (χ2n) is 5.62. The highest BCUT2D eigenvalue weighted by Crippen LogP contribution is 2.52. The third-order valence-electron chi connectivity index (χ3n) is 4.63. The molecule has 0 spiro atoms. The van der Waals surface area contributed by atoms with E-state index in [0.717, 1.165) is 12.0 Å².